The number of amides is 1. The number of benzene rings is 3. The second-order valence-corrected chi connectivity index (χ2v) is 10.8. The molecule has 1 fully saturated rings. The first-order valence-corrected chi connectivity index (χ1v) is 14.3. The predicted octanol–water partition coefficient (Wildman–Crippen LogP) is 6.00. The van der Waals surface area contributed by atoms with E-state index in [9.17, 15) is 4.79 Å². The van der Waals surface area contributed by atoms with Gasteiger partial charge in [-0.15, -0.1) is 10.2 Å². The molecule has 5 aromatic rings. The number of aromatic amines is 1. The number of para-hydroxylation sites is 1. The van der Waals surface area contributed by atoms with Crippen molar-refractivity contribution in [3.63, 3.8) is 0 Å². The lowest BCUT2D eigenvalue weighted by Gasteiger charge is -2.32. The van der Waals surface area contributed by atoms with Crippen molar-refractivity contribution in [1.82, 2.24) is 24.6 Å². The minimum Gasteiger partial charge on any atom is -0.497 e. The van der Waals surface area contributed by atoms with Crippen LogP contribution in [0.5, 0.6) is 5.75 Å². The first kappa shape index (κ1) is 25.2. The van der Waals surface area contributed by atoms with Crippen molar-refractivity contribution < 1.29 is 9.53 Å². The second-order valence-electron chi connectivity index (χ2n) is 9.89. The van der Waals surface area contributed by atoms with Gasteiger partial charge < -0.3 is 14.6 Å². The highest BCUT2D eigenvalue weighted by Gasteiger charge is 2.25. The van der Waals surface area contributed by atoms with Gasteiger partial charge in [-0.2, -0.15) is 0 Å². The molecule has 0 saturated carbocycles. The van der Waals surface area contributed by atoms with Gasteiger partial charge in [-0.1, -0.05) is 66.4 Å². The Morgan fingerprint density at radius 3 is 2.62 bits per heavy atom. The van der Waals surface area contributed by atoms with E-state index < -0.39 is 0 Å². The van der Waals surface area contributed by atoms with Crippen LogP contribution in [0.3, 0.4) is 0 Å². The van der Waals surface area contributed by atoms with Crippen LogP contribution in [0.2, 0.25) is 0 Å². The topological polar surface area (TPSA) is 76.0 Å². The van der Waals surface area contributed by atoms with Gasteiger partial charge in [0, 0.05) is 41.8 Å². The number of carbonyl (C=O) groups is 1. The minimum atomic E-state index is 0.145. The van der Waals surface area contributed by atoms with Crippen molar-refractivity contribution in [2.75, 3.05) is 26.0 Å². The maximum absolute atomic E-state index is 13.2. The largest absolute Gasteiger partial charge is 0.497 e. The first-order valence-electron chi connectivity index (χ1n) is 13.3. The average molecular weight is 538 g/mol. The molecule has 3 heterocycles. The number of methoxy groups -OCH3 is 1. The molecule has 198 valence electrons. The molecule has 7 nitrogen and oxygen atoms in total. The number of ether oxygens (including phenoxy) is 1. The van der Waals surface area contributed by atoms with E-state index in [1.165, 1.54) is 17.3 Å². The summed E-state index contributed by atoms with van der Waals surface area (Å²) < 4.78 is 7.51. The van der Waals surface area contributed by atoms with Crippen molar-refractivity contribution in [2.45, 2.75) is 24.4 Å². The summed E-state index contributed by atoms with van der Waals surface area (Å²) in [6, 6.07) is 26.6. The number of piperidine rings is 1. The van der Waals surface area contributed by atoms with Crippen LogP contribution in [0, 0.1) is 5.92 Å². The van der Waals surface area contributed by atoms with Crippen LogP contribution in [0.1, 0.15) is 18.4 Å². The summed E-state index contributed by atoms with van der Waals surface area (Å²) in [5, 5.41) is 10.9. The lowest BCUT2D eigenvalue weighted by Crippen LogP contribution is -2.39. The smallest absolute Gasteiger partial charge is 0.233 e. The van der Waals surface area contributed by atoms with Gasteiger partial charge in [0.2, 0.25) is 5.91 Å². The van der Waals surface area contributed by atoms with E-state index in [-0.39, 0.29) is 5.91 Å². The van der Waals surface area contributed by atoms with Crippen LogP contribution in [0.4, 0.5) is 0 Å². The summed E-state index contributed by atoms with van der Waals surface area (Å²) in [6.45, 7) is 1.61. The summed E-state index contributed by atoms with van der Waals surface area (Å²) >= 11 is 1.43. The number of H-pyrrole nitrogens is 1. The van der Waals surface area contributed by atoms with Gasteiger partial charge in [0.1, 0.15) is 5.75 Å². The molecule has 1 N–H and O–H groups in total. The maximum atomic E-state index is 13.2. The van der Waals surface area contributed by atoms with Crippen molar-refractivity contribution >= 4 is 28.6 Å². The molecule has 0 unspecified atom stereocenters. The number of carbonyl (C=O) groups excluding carboxylic acids is 1. The van der Waals surface area contributed by atoms with Crippen molar-refractivity contribution in [2.24, 2.45) is 5.92 Å². The highest BCUT2D eigenvalue weighted by Crippen LogP contribution is 2.33. The Morgan fingerprint density at radius 1 is 1.00 bits per heavy atom. The van der Waals surface area contributed by atoms with Gasteiger partial charge >= 0.3 is 0 Å². The molecule has 8 heteroatoms. The Hall–Kier alpha value is -4.04. The molecule has 6 rings (SSSR count). The van der Waals surface area contributed by atoms with E-state index in [1.54, 1.807) is 7.11 Å². The monoisotopic (exact) mass is 537 g/mol. The predicted molar refractivity (Wildman–Crippen MR) is 155 cm³/mol. The van der Waals surface area contributed by atoms with Crippen molar-refractivity contribution in [3.8, 4) is 22.8 Å². The molecule has 39 heavy (non-hydrogen) atoms. The van der Waals surface area contributed by atoms with E-state index in [0.29, 0.717) is 16.8 Å². The third-order valence-electron chi connectivity index (χ3n) is 7.43. The van der Waals surface area contributed by atoms with Gasteiger partial charge in [0.05, 0.1) is 18.6 Å². The summed E-state index contributed by atoms with van der Waals surface area (Å²) in [6.07, 6.45) is 5.12. The highest BCUT2D eigenvalue weighted by atomic mass is 32.2. The van der Waals surface area contributed by atoms with Crippen LogP contribution >= 0.6 is 11.8 Å². The number of likely N-dealkylation sites (tertiary alicyclic amines) is 1. The molecule has 0 atom stereocenters. The third kappa shape index (κ3) is 5.43. The molecule has 2 aromatic heterocycles. The molecular weight excluding hydrogens is 506 g/mol. The number of aromatic nitrogens is 4. The quantitative estimate of drug-likeness (QED) is 0.246. The van der Waals surface area contributed by atoms with E-state index in [0.717, 1.165) is 66.1 Å². The lowest BCUT2D eigenvalue weighted by atomic mass is 9.90. The van der Waals surface area contributed by atoms with Crippen LogP contribution < -0.4 is 4.74 Å². The van der Waals surface area contributed by atoms with E-state index in [2.05, 4.69) is 51.6 Å². The zero-order valence-electron chi connectivity index (χ0n) is 21.9. The Morgan fingerprint density at radius 2 is 1.79 bits per heavy atom. The zero-order chi connectivity index (χ0) is 26.6. The number of rotatable bonds is 8. The first-order chi connectivity index (χ1) is 19.2. The van der Waals surface area contributed by atoms with Gasteiger partial charge in [0.25, 0.3) is 0 Å². The fraction of sp³-hybridized carbons (Fsp3) is 0.258. The minimum absolute atomic E-state index is 0.145. The van der Waals surface area contributed by atoms with Gasteiger partial charge in [-0.05, 0) is 48.9 Å². The van der Waals surface area contributed by atoms with Crippen LogP contribution in [0.25, 0.3) is 28.0 Å². The Bertz CT molecular complexity index is 1570. The number of nitrogens with one attached hydrogen (secondary N) is 1. The summed E-state index contributed by atoms with van der Waals surface area (Å²) in [5.74, 6) is 2.55. The molecule has 1 amide bonds. The molecule has 1 aliphatic rings. The van der Waals surface area contributed by atoms with Crippen LogP contribution in [0.15, 0.2) is 90.2 Å². The highest BCUT2D eigenvalue weighted by molar-refractivity contribution is 7.99. The fourth-order valence-corrected chi connectivity index (χ4v) is 6.18. The third-order valence-corrected chi connectivity index (χ3v) is 8.35. The fourth-order valence-electron chi connectivity index (χ4n) is 5.33. The number of nitrogens with zero attached hydrogens (tertiary/aromatic N) is 4. The average Bonchev–Trinajstić information content (AvgIpc) is 3.61. The van der Waals surface area contributed by atoms with Gasteiger partial charge in [-0.25, -0.2) is 0 Å². The van der Waals surface area contributed by atoms with E-state index in [1.807, 2.05) is 58.1 Å². The van der Waals surface area contributed by atoms with E-state index in [4.69, 9.17) is 4.74 Å². The lowest BCUT2D eigenvalue weighted by molar-refractivity contribution is -0.129. The molecule has 0 aliphatic carbocycles. The number of hydrogen-bond donors (Lipinski definition) is 1. The van der Waals surface area contributed by atoms with Crippen molar-refractivity contribution in [1.29, 1.82) is 0 Å². The van der Waals surface area contributed by atoms with Gasteiger partial charge in [0.15, 0.2) is 11.0 Å². The molecule has 3 aromatic carbocycles. The molecule has 1 saturated heterocycles. The van der Waals surface area contributed by atoms with Crippen LogP contribution in [-0.2, 0) is 11.2 Å². The van der Waals surface area contributed by atoms with Crippen LogP contribution in [-0.4, -0.2) is 56.5 Å². The van der Waals surface area contributed by atoms with E-state index >= 15 is 0 Å². The molecule has 0 bridgehead atoms. The Balaban J connectivity index is 1.20. The number of thioether (sulfide) groups is 1. The van der Waals surface area contributed by atoms with Crippen molar-refractivity contribution in [3.05, 3.63) is 90.6 Å². The Labute approximate surface area is 232 Å². The Kier molecular flexibility index (Phi) is 7.36. The second kappa shape index (κ2) is 11.4. The standard InChI is InChI=1S/C31H31N5O2S/c1-38-25-11-7-10-24(19-25)36-30(27-20-32-28-13-6-5-12-26(27)28)33-34-31(36)39-21-29(37)35-16-14-23(15-17-35)18-22-8-3-2-4-9-22/h2-13,19-20,23,32H,14-18,21H2,1H3. The molecule has 1 aliphatic heterocycles. The number of fused-ring (bicyclic) bond motifs is 1. The molecule has 0 radical (unpaired) electrons. The zero-order valence-corrected chi connectivity index (χ0v) is 22.7. The summed E-state index contributed by atoms with van der Waals surface area (Å²) in [5.41, 5.74) is 4.25. The van der Waals surface area contributed by atoms with Gasteiger partial charge in [-0.3, -0.25) is 9.36 Å². The SMILES string of the molecule is COc1cccc(-n2c(SCC(=O)N3CCC(Cc4ccccc4)CC3)nnc2-c2c[nH]c3ccccc23)c1. The molecule has 0 spiro atoms. The molecular formula is C31H31N5O2S. The normalized spacial score (nSPS) is 14.1. The maximum Gasteiger partial charge on any atom is 0.233 e. The number of hydrogen-bond acceptors (Lipinski definition) is 5. The summed E-state index contributed by atoms with van der Waals surface area (Å²) in [4.78, 5) is 18.6. The summed E-state index contributed by atoms with van der Waals surface area (Å²) in [7, 11) is 1.66.